The molecule has 3 rings (SSSR count). The summed E-state index contributed by atoms with van der Waals surface area (Å²) in [6.07, 6.45) is 4.85. The summed E-state index contributed by atoms with van der Waals surface area (Å²) in [5.74, 6) is -0.942. The van der Waals surface area contributed by atoms with Gasteiger partial charge in [-0.05, 0) is 42.8 Å². The van der Waals surface area contributed by atoms with Gasteiger partial charge in [-0.1, -0.05) is 24.3 Å². The summed E-state index contributed by atoms with van der Waals surface area (Å²) in [6.45, 7) is 1.51. The number of anilines is 1. The van der Waals surface area contributed by atoms with Crippen molar-refractivity contribution in [3.05, 3.63) is 90.0 Å². The Labute approximate surface area is 145 Å². The third kappa shape index (κ3) is 3.77. The van der Waals surface area contributed by atoms with Gasteiger partial charge >= 0.3 is 0 Å². The maximum atomic E-state index is 12.7. The number of hydrogen-bond acceptors (Lipinski definition) is 4. The molecule has 0 aliphatic carbocycles. The fraction of sp³-hybridized carbons (Fsp3) is 0.100. The Kier molecular flexibility index (Phi) is 4.95. The van der Waals surface area contributed by atoms with Crippen molar-refractivity contribution < 1.29 is 9.59 Å². The number of aromatic nitrogens is 2. The van der Waals surface area contributed by atoms with Crippen molar-refractivity contribution in [1.29, 1.82) is 0 Å². The van der Waals surface area contributed by atoms with Crippen LogP contribution >= 0.6 is 0 Å². The van der Waals surface area contributed by atoms with E-state index in [2.05, 4.69) is 15.3 Å². The number of rotatable bonds is 5. The van der Waals surface area contributed by atoms with E-state index in [1.54, 1.807) is 61.1 Å². The molecule has 2 aromatic heterocycles. The number of nitrogens with one attached hydrogen (secondary N) is 1. The van der Waals surface area contributed by atoms with Gasteiger partial charge in [-0.25, -0.2) is 0 Å². The molecule has 0 saturated carbocycles. The van der Waals surface area contributed by atoms with Crippen LogP contribution in [0.1, 0.15) is 34.5 Å². The minimum Gasteiger partial charge on any atom is -0.321 e. The molecule has 5 nitrogen and oxygen atoms in total. The first kappa shape index (κ1) is 16.5. The van der Waals surface area contributed by atoms with Crippen LogP contribution in [0.3, 0.4) is 0 Å². The van der Waals surface area contributed by atoms with Gasteiger partial charge in [-0.3, -0.25) is 19.6 Å². The summed E-state index contributed by atoms with van der Waals surface area (Å²) in [6, 6.07) is 16.0. The zero-order valence-electron chi connectivity index (χ0n) is 13.7. The molecule has 0 radical (unpaired) electrons. The highest BCUT2D eigenvalue weighted by molar-refractivity contribution is 6.06. The van der Waals surface area contributed by atoms with Gasteiger partial charge in [0.25, 0.3) is 5.91 Å². The molecule has 2 heterocycles. The van der Waals surface area contributed by atoms with Gasteiger partial charge in [-0.2, -0.15) is 0 Å². The molecule has 1 N–H and O–H groups in total. The summed E-state index contributed by atoms with van der Waals surface area (Å²) >= 11 is 0. The molecule has 0 bridgehead atoms. The van der Waals surface area contributed by atoms with Crippen LogP contribution in [0.25, 0.3) is 0 Å². The zero-order chi connectivity index (χ0) is 17.6. The zero-order valence-corrected chi connectivity index (χ0v) is 13.7. The van der Waals surface area contributed by atoms with Crippen LogP contribution in [0.2, 0.25) is 0 Å². The van der Waals surface area contributed by atoms with Crippen LogP contribution in [0.4, 0.5) is 5.69 Å². The quantitative estimate of drug-likeness (QED) is 0.777. The molecule has 0 spiro atoms. The number of amides is 1. The lowest BCUT2D eigenvalue weighted by molar-refractivity contribution is -0.117. The first-order chi connectivity index (χ1) is 12.2. The minimum atomic E-state index is -0.586. The van der Waals surface area contributed by atoms with E-state index in [1.807, 2.05) is 12.1 Å². The Morgan fingerprint density at radius 3 is 2.44 bits per heavy atom. The number of hydrogen-bond donors (Lipinski definition) is 1. The molecule has 0 fully saturated rings. The van der Waals surface area contributed by atoms with Gasteiger partial charge < -0.3 is 5.32 Å². The molecule has 0 saturated heterocycles. The normalized spacial score (nSPS) is 11.6. The van der Waals surface area contributed by atoms with Gasteiger partial charge in [0, 0.05) is 18.0 Å². The van der Waals surface area contributed by atoms with Crippen LogP contribution in [0, 0.1) is 0 Å². The van der Waals surface area contributed by atoms with Crippen molar-refractivity contribution in [1.82, 2.24) is 9.97 Å². The second-order valence-electron chi connectivity index (χ2n) is 5.58. The Bertz CT molecular complexity index is 880. The van der Waals surface area contributed by atoms with Crippen molar-refractivity contribution in [2.45, 2.75) is 12.8 Å². The fourth-order valence-electron chi connectivity index (χ4n) is 2.72. The molecular weight excluding hydrogens is 314 g/mol. The fourth-order valence-corrected chi connectivity index (χ4v) is 2.72. The number of Topliss-reactive ketones (excluding diaryl/α,β-unsaturated/α-hetero) is 1. The number of benzene rings is 1. The minimum absolute atomic E-state index is 0.0691. The monoisotopic (exact) mass is 331 g/mol. The highest BCUT2D eigenvalue weighted by Crippen LogP contribution is 2.27. The Balaban J connectivity index is 2.00. The Morgan fingerprint density at radius 1 is 0.960 bits per heavy atom. The first-order valence-electron chi connectivity index (χ1n) is 7.88. The third-order valence-electron chi connectivity index (χ3n) is 3.83. The average Bonchev–Trinajstić information content (AvgIpc) is 2.64. The standard InChI is InChI=1S/C20H17N3O2/c1-14(24)19(18-10-4-5-12-22-18)16-8-2-3-9-17(16)20(25)23-15-7-6-11-21-13-15/h2-13,19H,1H3,(H,23,25). The number of carbonyl (C=O) groups is 2. The van der Waals surface area contributed by atoms with Gasteiger partial charge in [-0.15, -0.1) is 0 Å². The van der Waals surface area contributed by atoms with Gasteiger partial charge in [0.15, 0.2) is 0 Å². The molecule has 5 heteroatoms. The summed E-state index contributed by atoms with van der Waals surface area (Å²) in [5, 5.41) is 2.81. The summed E-state index contributed by atoms with van der Waals surface area (Å²) in [5.41, 5.74) is 2.29. The Morgan fingerprint density at radius 2 is 1.76 bits per heavy atom. The molecule has 124 valence electrons. The molecule has 0 aliphatic heterocycles. The molecule has 0 aliphatic rings. The van der Waals surface area contributed by atoms with Crippen molar-refractivity contribution in [3.63, 3.8) is 0 Å². The lowest BCUT2D eigenvalue weighted by atomic mass is 9.88. The van der Waals surface area contributed by atoms with E-state index in [0.717, 1.165) is 0 Å². The number of carbonyl (C=O) groups excluding carboxylic acids is 2. The van der Waals surface area contributed by atoms with Gasteiger partial charge in [0.2, 0.25) is 0 Å². The van der Waals surface area contributed by atoms with E-state index in [4.69, 9.17) is 0 Å². The second kappa shape index (κ2) is 7.49. The average molecular weight is 331 g/mol. The number of nitrogens with zero attached hydrogens (tertiary/aromatic N) is 2. The SMILES string of the molecule is CC(=O)C(c1ccccn1)c1ccccc1C(=O)Nc1cccnc1. The number of ketones is 1. The molecule has 1 atom stereocenters. The summed E-state index contributed by atoms with van der Waals surface area (Å²) in [7, 11) is 0. The van der Waals surface area contributed by atoms with Gasteiger partial charge in [0.05, 0.1) is 23.5 Å². The van der Waals surface area contributed by atoms with Crippen molar-refractivity contribution >= 4 is 17.4 Å². The van der Waals surface area contributed by atoms with Crippen LogP contribution in [-0.2, 0) is 4.79 Å². The molecule has 3 aromatic rings. The van der Waals surface area contributed by atoms with Crippen molar-refractivity contribution in [2.75, 3.05) is 5.32 Å². The number of pyridine rings is 2. The second-order valence-corrected chi connectivity index (χ2v) is 5.58. The third-order valence-corrected chi connectivity index (χ3v) is 3.83. The maximum Gasteiger partial charge on any atom is 0.256 e. The van der Waals surface area contributed by atoms with Crippen LogP contribution < -0.4 is 5.32 Å². The molecule has 1 unspecified atom stereocenters. The first-order valence-corrected chi connectivity index (χ1v) is 7.88. The van der Waals surface area contributed by atoms with Crippen molar-refractivity contribution in [3.8, 4) is 0 Å². The molecule has 25 heavy (non-hydrogen) atoms. The van der Waals surface area contributed by atoms with E-state index in [9.17, 15) is 9.59 Å². The largest absolute Gasteiger partial charge is 0.321 e. The van der Waals surface area contributed by atoms with E-state index in [0.29, 0.717) is 22.5 Å². The Hall–Kier alpha value is -3.34. The van der Waals surface area contributed by atoms with Crippen molar-refractivity contribution in [2.24, 2.45) is 0 Å². The predicted molar refractivity (Wildman–Crippen MR) is 95.4 cm³/mol. The summed E-state index contributed by atoms with van der Waals surface area (Å²) < 4.78 is 0. The van der Waals surface area contributed by atoms with E-state index < -0.39 is 5.92 Å². The van der Waals surface area contributed by atoms with Crippen LogP contribution in [0.5, 0.6) is 0 Å². The highest BCUT2D eigenvalue weighted by atomic mass is 16.1. The lowest BCUT2D eigenvalue weighted by Crippen LogP contribution is -2.19. The molecule has 1 amide bonds. The van der Waals surface area contributed by atoms with E-state index in [-0.39, 0.29) is 11.7 Å². The molecular formula is C20H17N3O2. The molecule has 1 aromatic carbocycles. The lowest BCUT2D eigenvalue weighted by Gasteiger charge is -2.17. The topological polar surface area (TPSA) is 72.0 Å². The smallest absolute Gasteiger partial charge is 0.256 e. The van der Waals surface area contributed by atoms with Gasteiger partial charge in [0.1, 0.15) is 5.78 Å². The maximum absolute atomic E-state index is 12.7. The van der Waals surface area contributed by atoms with E-state index in [1.165, 1.54) is 6.92 Å². The van der Waals surface area contributed by atoms with Crippen LogP contribution in [-0.4, -0.2) is 21.7 Å². The summed E-state index contributed by atoms with van der Waals surface area (Å²) in [4.78, 5) is 33.3. The predicted octanol–water partition coefficient (Wildman–Crippen LogP) is 3.45. The van der Waals surface area contributed by atoms with Crippen LogP contribution in [0.15, 0.2) is 73.2 Å². The van der Waals surface area contributed by atoms with E-state index >= 15 is 0 Å². The highest BCUT2D eigenvalue weighted by Gasteiger charge is 2.25.